The van der Waals surface area contributed by atoms with Gasteiger partial charge in [0, 0.05) is 24.4 Å². The molecule has 7 nitrogen and oxygen atoms in total. The lowest BCUT2D eigenvalue weighted by Gasteiger charge is -2.37. The highest BCUT2D eigenvalue weighted by atomic mass is 32.2. The molecule has 0 radical (unpaired) electrons. The Labute approximate surface area is 139 Å². The zero-order valence-corrected chi connectivity index (χ0v) is 14.1. The number of fused-ring (bicyclic) bond motifs is 2. The van der Waals surface area contributed by atoms with Crippen molar-refractivity contribution in [1.29, 1.82) is 0 Å². The normalized spacial score (nSPS) is 26.7. The minimum absolute atomic E-state index is 0.0141. The Morgan fingerprint density at radius 3 is 2.62 bits per heavy atom. The van der Waals surface area contributed by atoms with Gasteiger partial charge in [-0.1, -0.05) is 0 Å². The fourth-order valence-electron chi connectivity index (χ4n) is 3.93. The number of hydrogen-bond acceptors (Lipinski definition) is 5. The van der Waals surface area contributed by atoms with Crippen LogP contribution >= 0.6 is 0 Å². The van der Waals surface area contributed by atoms with Gasteiger partial charge in [-0.25, -0.2) is 8.42 Å². The van der Waals surface area contributed by atoms with Crippen LogP contribution in [0.3, 0.4) is 0 Å². The number of aromatic nitrogens is 2. The van der Waals surface area contributed by atoms with E-state index in [1.807, 2.05) is 4.90 Å². The molecule has 2 aromatic heterocycles. The van der Waals surface area contributed by atoms with Crippen LogP contribution in [0.15, 0.2) is 28.9 Å². The lowest BCUT2D eigenvalue weighted by atomic mass is 10.0. The third kappa shape index (κ3) is 2.54. The molecule has 24 heavy (non-hydrogen) atoms. The fraction of sp³-hybridized carbons (Fsp3) is 0.500. The second kappa shape index (κ2) is 5.47. The molecule has 128 valence electrons. The molecule has 2 fully saturated rings. The van der Waals surface area contributed by atoms with E-state index in [1.54, 1.807) is 24.5 Å². The minimum Gasteiger partial charge on any atom is -0.463 e. The van der Waals surface area contributed by atoms with E-state index in [0.29, 0.717) is 30.0 Å². The van der Waals surface area contributed by atoms with Crippen molar-refractivity contribution >= 4 is 15.7 Å². The van der Waals surface area contributed by atoms with Crippen molar-refractivity contribution in [3.63, 3.8) is 0 Å². The van der Waals surface area contributed by atoms with Gasteiger partial charge in [0.25, 0.3) is 5.91 Å². The van der Waals surface area contributed by atoms with Crippen molar-refractivity contribution in [2.24, 2.45) is 0 Å². The standard InChI is InChI=1S/C16H19N3O4S/c1-24(21,22)12-7-10-4-5-11(8-12)19(10)16(20)14-9-13(17-18-14)15-3-2-6-23-15/h2-3,6,9-12H,4-5,7-8H2,1H3,(H,17,18). The summed E-state index contributed by atoms with van der Waals surface area (Å²) in [5, 5.41) is 6.61. The second-order valence-corrected chi connectivity index (χ2v) is 8.99. The maximum atomic E-state index is 12.9. The Morgan fingerprint density at radius 1 is 1.33 bits per heavy atom. The molecule has 2 unspecified atom stereocenters. The highest BCUT2D eigenvalue weighted by Crippen LogP contribution is 2.39. The number of nitrogens with one attached hydrogen (secondary N) is 1. The maximum Gasteiger partial charge on any atom is 0.274 e. The molecular formula is C16H19N3O4S. The summed E-state index contributed by atoms with van der Waals surface area (Å²) in [7, 11) is -3.06. The lowest BCUT2D eigenvalue weighted by molar-refractivity contribution is 0.0592. The van der Waals surface area contributed by atoms with Gasteiger partial charge in [0.05, 0.1) is 11.5 Å². The number of hydrogen-bond donors (Lipinski definition) is 1. The maximum absolute atomic E-state index is 12.9. The van der Waals surface area contributed by atoms with Crippen LogP contribution in [0.1, 0.15) is 36.2 Å². The molecule has 2 bridgehead atoms. The average molecular weight is 349 g/mol. The lowest BCUT2D eigenvalue weighted by Crippen LogP contribution is -2.49. The smallest absolute Gasteiger partial charge is 0.274 e. The van der Waals surface area contributed by atoms with Crippen LogP contribution < -0.4 is 0 Å². The van der Waals surface area contributed by atoms with Crippen molar-refractivity contribution in [1.82, 2.24) is 15.1 Å². The molecule has 2 aliphatic rings. The number of carbonyl (C=O) groups excluding carboxylic acids is 1. The summed E-state index contributed by atoms with van der Waals surface area (Å²) in [6.07, 6.45) is 5.62. The molecule has 4 rings (SSSR count). The van der Waals surface area contributed by atoms with Gasteiger partial charge >= 0.3 is 0 Å². The van der Waals surface area contributed by atoms with E-state index in [-0.39, 0.29) is 23.2 Å². The number of amides is 1. The van der Waals surface area contributed by atoms with Gasteiger partial charge in [0.2, 0.25) is 0 Å². The first-order chi connectivity index (χ1) is 11.4. The Hall–Kier alpha value is -2.09. The van der Waals surface area contributed by atoms with Crippen molar-refractivity contribution in [2.45, 2.75) is 43.0 Å². The van der Waals surface area contributed by atoms with E-state index < -0.39 is 9.84 Å². The summed E-state index contributed by atoms with van der Waals surface area (Å²) >= 11 is 0. The summed E-state index contributed by atoms with van der Waals surface area (Å²) in [6.45, 7) is 0. The number of carbonyl (C=O) groups is 1. The molecule has 2 atom stereocenters. The zero-order valence-electron chi connectivity index (χ0n) is 13.3. The van der Waals surface area contributed by atoms with Gasteiger partial charge in [-0.05, 0) is 37.8 Å². The van der Waals surface area contributed by atoms with Gasteiger partial charge in [0.15, 0.2) is 11.5 Å². The summed E-state index contributed by atoms with van der Waals surface area (Å²) < 4.78 is 29.0. The number of aromatic amines is 1. The van der Waals surface area contributed by atoms with Crippen LogP contribution in [0.25, 0.3) is 11.5 Å². The molecule has 1 N–H and O–H groups in total. The molecule has 2 saturated heterocycles. The Bertz CT molecular complexity index is 842. The molecule has 0 aromatic carbocycles. The van der Waals surface area contributed by atoms with Crippen LogP contribution in [0, 0.1) is 0 Å². The van der Waals surface area contributed by atoms with E-state index in [1.165, 1.54) is 6.26 Å². The molecule has 1 amide bonds. The molecule has 2 aliphatic heterocycles. The second-order valence-electron chi connectivity index (χ2n) is 6.66. The quantitative estimate of drug-likeness (QED) is 0.912. The number of nitrogens with zero attached hydrogens (tertiary/aromatic N) is 2. The first-order valence-corrected chi connectivity index (χ1v) is 10.00. The molecule has 0 spiro atoms. The van der Waals surface area contributed by atoms with E-state index in [9.17, 15) is 13.2 Å². The van der Waals surface area contributed by atoms with Crippen LogP contribution in [0.4, 0.5) is 0 Å². The zero-order chi connectivity index (χ0) is 16.9. The number of furan rings is 1. The van der Waals surface area contributed by atoms with Gasteiger partial charge in [-0.2, -0.15) is 5.10 Å². The van der Waals surface area contributed by atoms with Gasteiger partial charge < -0.3 is 9.32 Å². The number of sulfone groups is 1. The van der Waals surface area contributed by atoms with E-state index in [2.05, 4.69) is 10.2 Å². The third-order valence-corrected chi connectivity index (χ3v) is 6.71. The largest absolute Gasteiger partial charge is 0.463 e. The fourth-order valence-corrected chi connectivity index (χ4v) is 5.07. The van der Waals surface area contributed by atoms with Crippen molar-refractivity contribution < 1.29 is 17.6 Å². The van der Waals surface area contributed by atoms with Gasteiger partial charge in [-0.3, -0.25) is 9.89 Å². The van der Waals surface area contributed by atoms with Crippen molar-refractivity contribution in [2.75, 3.05) is 6.26 Å². The van der Waals surface area contributed by atoms with E-state index in [4.69, 9.17) is 4.42 Å². The summed E-state index contributed by atoms with van der Waals surface area (Å²) in [5.41, 5.74) is 0.998. The summed E-state index contributed by atoms with van der Waals surface area (Å²) in [4.78, 5) is 14.7. The highest BCUT2D eigenvalue weighted by molar-refractivity contribution is 7.91. The molecular weight excluding hydrogens is 330 g/mol. The predicted octanol–water partition coefficient (Wildman–Crippen LogP) is 1.85. The first-order valence-electron chi connectivity index (χ1n) is 8.04. The monoisotopic (exact) mass is 349 g/mol. The summed E-state index contributed by atoms with van der Waals surface area (Å²) in [6, 6.07) is 5.22. The van der Waals surface area contributed by atoms with Crippen LogP contribution in [-0.4, -0.2) is 53.0 Å². The minimum atomic E-state index is -3.06. The Kier molecular flexibility index (Phi) is 3.52. The molecule has 4 heterocycles. The molecule has 8 heteroatoms. The van der Waals surface area contributed by atoms with Gasteiger partial charge in [-0.15, -0.1) is 0 Å². The number of piperidine rings is 1. The van der Waals surface area contributed by atoms with Crippen molar-refractivity contribution in [3.8, 4) is 11.5 Å². The molecule has 2 aromatic rings. The first kappa shape index (κ1) is 15.4. The third-order valence-electron chi connectivity index (χ3n) is 5.11. The highest BCUT2D eigenvalue weighted by Gasteiger charge is 2.46. The predicted molar refractivity (Wildman–Crippen MR) is 87.1 cm³/mol. The molecule has 0 aliphatic carbocycles. The number of H-pyrrole nitrogens is 1. The van der Waals surface area contributed by atoms with E-state index in [0.717, 1.165) is 12.8 Å². The molecule has 0 saturated carbocycles. The van der Waals surface area contributed by atoms with Gasteiger partial charge in [0.1, 0.15) is 15.5 Å². The Morgan fingerprint density at radius 2 is 2.04 bits per heavy atom. The summed E-state index contributed by atoms with van der Waals surface area (Å²) in [5.74, 6) is 0.490. The average Bonchev–Trinajstić information content (AvgIpc) is 3.24. The van der Waals surface area contributed by atoms with E-state index >= 15 is 0 Å². The van der Waals surface area contributed by atoms with Crippen LogP contribution in [-0.2, 0) is 9.84 Å². The number of rotatable bonds is 3. The topological polar surface area (TPSA) is 96.3 Å². The van der Waals surface area contributed by atoms with Crippen molar-refractivity contribution in [3.05, 3.63) is 30.2 Å². The SMILES string of the molecule is CS(=O)(=O)C1CC2CCC(C1)N2C(=O)c1cc(-c2ccco2)[nH]n1. The van der Waals surface area contributed by atoms with Crippen LogP contribution in [0.5, 0.6) is 0 Å². The van der Waals surface area contributed by atoms with Crippen LogP contribution in [0.2, 0.25) is 0 Å². The Balaban J connectivity index is 1.56.